The molecule has 1 aromatic heterocycles. The zero-order valence-electron chi connectivity index (χ0n) is 8.79. The molecule has 2 nitrogen and oxygen atoms in total. The molecule has 2 aromatic rings. The number of benzene rings is 1. The first-order valence-corrected chi connectivity index (χ1v) is 4.76. The van der Waals surface area contributed by atoms with Gasteiger partial charge in [-0.25, -0.2) is 9.37 Å². The molecule has 0 amide bonds. The van der Waals surface area contributed by atoms with E-state index in [1.807, 2.05) is 0 Å². The van der Waals surface area contributed by atoms with E-state index in [9.17, 15) is 17.6 Å². The Balaban J connectivity index is 2.57. The van der Waals surface area contributed by atoms with E-state index >= 15 is 0 Å². The number of aryl methyl sites for hydroxylation is 1. The van der Waals surface area contributed by atoms with Crippen molar-refractivity contribution in [3.63, 3.8) is 0 Å². The molecule has 1 heterocycles. The van der Waals surface area contributed by atoms with Gasteiger partial charge in [-0.1, -0.05) is 0 Å². The molecule has 0 atom stereocenters. The molecule has 0 saturated carbocycles. The van der Waals surface area contributed by atoms with Crippen LogP contribution >= 0.6 is 0 Å². The van der Waals surface area contributed by atoms with Crippen LogP contribution < -0.4 is 0 Å². The van der Waals surface area contributed by atoms with Crippen molar-refractivity contribution in [2.45, 2.75) is 13.1 Å². The summed E-state index contributed by atoms with van der Waals surface area (Å²) in [6, 6.07) is 4.74. The summed E-state index contributed by atoms with van der Waals surface area (Å²) < 4.78 is 51.9. The summed E-state index contributed by atoms with van der Waals surface area (Å²) in [5, 5.41) is 0. The Hall–Kier alpha value is -1.85. The van der Waals surface area contributed by atoms with Gasteiger partial charge in [-0.2, -0.15) is 13.2 Å². The van der Waals surface area contributed by atoms with Crippen LogP contribution in [0.15, 0.2) is 30.6 Å². The molecule has 0 radical (unpaired) electrons. The van der Waals surface area contributed by atoms with Crippen molar-refractivity contribution in [2.24, 2.45) is 0 Å². The highest BCUT2D eigenvalue weighted by atomic mass is 19.4. The lowest BCUT2D eigenvalue weighted by Gasteiger charge is -2.11. The van der Waals surface area contributed by atoms with E-state index in [0.717, 1.165) is 23.0 Å². The molecule has 17 heavy (non-hydrogen) atoms. The van der Waals surface area contributed by atoms with Crippen LogP contribution in [-0.2, 0) is 6.18 Å². The second-order valence-corrected chi connectivity index (χ2v) is 3.52. The van der Waals surface area contributed by atoms with Crippen molar-refractivity contribution in [1.82, 2.24) is 9.55 Å². The van der Waals surface area contributed by atoms with Gasteiger partial charge in [-0.05, 0) is 31.2 Å². The van der Waals surface area contributed by atoms with E-state index in [4.69, 9.17) is 0 Å². The maximum Gasteiger partial charge on any atom is 0.433 e. The van der Waals surface area contributed by atoms with Crippen LogP contribution in [0, 0.1) is 12.7 Å². The first-order valence-electron chi connectivity index (χ1n) is 4.76. The number of hydrogen-bond acceptors (Lipinski definition) is 1. The standard InChI is InChI=1S/C11H8F4N2/c1-7-10(11(13,14)15)17(6-16-7)9-4-2-8(12)3-5-9/h2-6H,1H3. The molecule has 0 aliphatic carbocycles. The highest BCUT2D eigenvalue weighted by Crippen LogP contribution is 2.33. The fourth-order valence-corrected chi connectivity index (χ4v) is 1.58. The molecule has 0 unspecified atom stereocenters. The van der Waals surface area contributed by atoms with Gasteiger partial charge in [-0.3, -0.25) is 4.57 Å². The minimum Gasteiger partial charge on any atom is -0.295 e. The van der Waals surface area contributed by atoms with Crippen molar-refractivity contribution < 1.29 is 17.6 Å². The van der Waals surface area contributed by atoms with Gasteiger partial charge in [0.25, 0.3) is 0 Å². The van der Waals surface area contributed by atoms with Crippen molar-refractivity contribution in [3.05, 3.63) is 47.8 Å². The Labute approximate surface area is 94.5 Å². The summed E-state index contributed by atoms with van der Waals surface area (Å²) in [5.41, 5.74) is -0.731. The maximum absolute atomic E-state index is 12.8. The third kappa shape index (κ3) is 2.15. The minimum atomic E-state index is -4.49. The second kappa shape index (κ2) is 3.87. The summed E-state index contributed by atoms with van der Waals surface area (Å²) in [6.07, 6.45) is -3.42. The van der Waals surface area contributed by atoms with Gasteiger partial charge < -0.3 is 0 Å². The van der Waals surface area contributed by atoms with Crippen LogP contribution in [0.2, 0.25) is 0 Å². The van der Waals surface area contributed by atoms with E-state index in [0.29, 0.717) is 0 Å². The van der Waals surface area contributed by atoms with Crippen LogP contribution in [0.5, 0.6) is 0 Å². The van der Waals surface area contributed by atoms with Crippen molar-refractivity contribution in [3.8, 4) is 5.69 Å². The third-order valence-electron chi connectivity index (χ3n) is 2.32. The minimum absolute atomic E-state index is 0.109. The van der Waals surface area contributed by atoms with Gasteiger partial charge in [0.1, 0.15) is 5.82 Å². The molecular formula is C11H8F4N2. The maximum atomic E-state index is 12.8. The van der Waals surface area contributed by atoms with Gasteiger partial charge in [0.15, 0.2) is 5.69 Å². The van der Waals surface area contributed by atoms with Crippen LogP contribution in [-0.4, -0.2) is 9.55 Å². The number of halogens is 4. The quantitative estimate of drug-likeness (QED) is 0.703. The zero-order valence-corrected chi connectivity index (χ0v) is 8.79. The predicted octanol–water partition coefficient (Wildman–Crippen LogP) is 3.34. The number of rotatable bonds is 1. The molecule has 0 bridgehead atoms. The van der Waals surface area contributed by atoms with Gasteiger partial charge in [0, 0.05) is 5.69 Å². The summed E-state index contributed by atoms with van der Waals surface area (Å²) in [6.45, 7) is 1.28. The average Bonchev–Trinajstić information content (AvgIpc) is 2.61. The molecular weight excluding hydrogens is 236 g/mol. The molecule has 0 fully saturated rings. The Kier molecular flexibility index (Phi) is 2.65. The third-order valence-corrected chi connectivity index (χ3v) is 2.32. The monoisotopic (exact) mass is 244 g/mol. The van der Waals surface area contributed by atoms with Gasteiger partial charge in [0.2, 0.25) is 0 Å². The molecule has 2 rings (SSSR count). The normalized spacial score (nSPS) is 11.8. The van der Waals surface area contributed by atoms with E-state index in [-0.39, 0.29) is 11.4 Å². The lowest BCUT2D eigenvalue weighted by Crippen LogP contribution is -2.13. The van der Waals surface area contributed by atoms with Gasteiger partial charge in [0.05, 0.1) is 12.0 Å². The van der Waals surface area contributed by atoms with Crippen molar-refractivity contribution in [2.75, 3.05) is 0 Å². The molecule has 1 aromatic carbocycles. The Morgan fingerprint density at radius 1 is 1.12 bits per heavy atom. The van der Waals surface area contributed by atoms with Crippen LogP contribution in [0.25, 0.3) is 5.69 Å². The SMILES string of the molecule is Cc1ncn(-c2ccc(F)cc2)c1C(F)(F)F. The van der Waals surface area contributed by atoms with E-state index in [2.05, 4.69) is 4.98 Å². The van der Waals surface area contributed by atoms with Gasteiger partial charge in [-0.15, -0.1) is 0 Å². The van der Waals surface area contributed by atoms with Crippen LogP contribution in [0.3, 0.4) is 0 Å². The average molecular weight is 244 g/mol. The molecule has 90 valence electrons. The zero-order chi connectivity index (χ0) is 12.6. The fourth-order valence-electron chi connectivity index (χ4n) is 1.58. The Morgan fingerprint density at radius 3 is 2.24 bits per heavy atom. The summed E-state index contributed by atoms with van der Waals surface area (Å²) in [5.74, 6) is -0.501. The van der Waals surface area contributed by atoms with Crippen LogP contribution in [0.4, 0.5) is 17.6 Å². The molecule has 0 spiro atoms. The molecule has 0 aliphatic rings. The van der Waals surface area contributed by atoms with Crippen LogP contribution in [0.1, 0.15) is 11.4 Å². The topological polar surface area (TPSA) is 17.8 Å². The largest absolute Gasteiger partial charge is 0.433 e. The van der Waals surface area contributed by atoms with E-state index in [1.165, 1.54) is 19.1 Å². The predicted molar refractivity (Wildman–Crippen MR) is 53.3 cm³/mol. The van der Waals surface area contributed by atoms with E-state index < -0.39 is 17.7 Å². The van der Waals surface area contributed by atoms with Gasteiger partial charge >= 0.3 is 6.18 Å². The van der Waals surface area contributed by atoms with E-state index in [1.54, 1.807) is 0 Å². The Bertz CT molecular complexity index is 525. The fraction of sp³-hybridized carbons (Fsp3) is 0.182. The van der Waals surface area contributed by atoms with Crippen molar-refractivity contribution in [1.29, 1.82) is 0 Å². The number of imidazole rings is 1. The number of aromatic nitrogens is 2. The van der Waals surface area contributed by atoms with Crippen molar-refractivity contribution >= 4 is 0 Å². The summed E-state index contributed by atoms with van der Waals surface area (Å²) >= 11 is 0. The Morgan fingerprint density at radius 2 is 1.71 bits per heavy atom. The summed E-state index contributed by atoms with van der Waals surface area (Å²) in [4.78, 5) is 3.63. The first-order chi connectivity index (χ1) is 7.89. The molecule has 6 heteroatoms. The molecule has 0 N–H and O–H groups in total. The molecule has 0 aliphatic heterocycles. The lowest BCUT2D eigenvalue weighted by molar-refractivity contribution is -0.142. The smallest absolute Gasteiger partial charge is 0.295 e. The summed E-state index contributed by atoms with van der Waals surface area (Å²) in [7, 11) is 0. The molecule has 0 saturated heterocycles. The first kappa shape index (κ1) is 11.6. The lowest BCUT2D eigenvalue weighted by atomic mass is 10.2. The number of hydrogen-bond donors (Lipinski definition) is 0. The number of nitrogens with zero attached hydrogens (tertiary/aromatic N) is 2. The second-order valence-electron chi connectivity index (χ2n) is 3.52. The highest BCUT2D eigenvalue weighted by molar-refractivity contribution is 5.36. The number of alkyl halides is 3. The highest BCUT2D eigenvalue weighted by Gasteiger charge is 2.37.